The fourth-order valence-electron chi connectivity index (χ4n) is 2.34. The first-order valence-electron chi connectivity index (χ1n) is 5.95. The van der Waals surface area contributed by atoms with Crippen LogP contribution in [-0.4, -0.2) is 81.4 Å². The van der Waals surface area contributed by atoms with Gasteiger partial charge in [-0.15, -0.1) is 0 Å². The lowest BCUT2D eigenvalue weighted by Crippen LogP contribution is -2.53. The van der Waals surface area contributed by atoms with Gasteiger partial charge in [-0.1, -0.05) is 0 Å². The smallest absolute Gasteiger partial charge is 0.259 e. The summed E-state index contributed by atoms with van der Waals surface area (Å²) in [6.07, 6.45) is -3.23. The molecule has 3 rings (SSSR count). The van der Waals surface area contributed by atoms with Crippen LogP contribution in [0.3, 0.4) is 0 Å². The number of hydrogen-bond donors (Lipinski definition) is 5. The summed E-state index contributed by atoms with van der Waals surface area (Å²) in [5.41, 5.74) is 0. The van der Waals surface area contributed by atoms with Gasteiger partial charge in [0, 0.05) is 0 Å². The average Bonchev–Trinajstić information content (AvgIpc) is 2.93. The van der Waals surface area contributed by atoms with Crippen LogP contribution in [0.15, 0.2) is 9.98 Å². The van der Waals surface area contributed by atoms with Crippen LogP contribution in [0.2, 0.25) is 0 Å². The van der Waals surface area contributed by atoms with Crippen molar-refractivity contribution in [2.45, 2.75) is 30.6 Å². The zero-order valence-corrected chi connectivity index (χ0v) is 10.2. The molecule has 1 fully saturated rings. The third kappa shape index (κ3) is 1.81. The number of guanidine groups is 1. The molecule has 5 atom stereocenters. The number of hydrogen-bond acceptors (Lipinski definition) is 8. The van der Waals surface area contributed by atoms with Gasteiger partial charge in [0.1, 0.15) is 18.3 Å². The molecule has 0 aromatic rings. The third-order valence-corrected chi connectivity index (χ3v) is 3.36. The van der Waals surface area contributed by atoms with Crippen molar-refractivity contribution in [1.82, 2.24) is 10.2 Å². The number of carbonyl (C=O) groups excluding carboxylic acids is 1. The Hall–Kier alpha value is -1.88. The molecule has 10 heteroatoms. The van der Waals surface area contributed by atoms with E-state index in [2.05, 4.69) is 15.3 Å². The van der Waals surface area contributed by atoms with E-state index >= 15 is 0 Å². The van der Waals surface area contributed by atoms with E-state index in [-0.39, 0.29) is 11.8 Å². The van der Waals surface area contributed by atoms with Gasteiger partial charge in [0.25, 0.3) is 5.91 Å². The molecule has 0 aromatic carbocycles. The molecule has 0 radical (unpaired) electrons. The first kappa shape index (κ1) is 13.1. The van der Waals surface area contributed by atoms with Crippen LogP contribution < -0.4 is 5.32 Å². The molecule has 3 aliphatic rings. The number of nitrogens with one attached hydrogen (secondary N) is 2. The Morgan fingerprint density at radius 3 is 2.85 bits per heavy atom. The van der Waals surface area contributed by atoms with E-state index < -0.39 is 43.1 Å². The van der Waals surface area contributed by atoms with Gasteiger partial charge in [-0.2, -0.15) is 4.99 Å². The molecule has 10 nitrogen and oxygen atoms in total. The standard InChI is InChI=1S/C10H13N5O5/c11-10-13-7-4(8(19)14-10)12-2-15(7)9-6(18)5(17)3(1-16)20-9/h2-6,9,16-18H,1H2,(H2,11,14,19)/t3-,4?,5-,6-,9-/m1/s1/i1+1,2+1,3+1,4+1,5+1,6+1,7+1,8+1,9+1,10+1,11+1,12+1,13+1,14+1,15+1. The summed E-state index contributed by atoms with van der Waals surface area (Å²) in [5.74, 6) is -0.678. The lowest BCUT2D eigenvalue weighted by Gasteiger charge is -2.28. The van der Waals surface area contributed by atoms with E-state index in [0.717, 1.165) is 0 Å². The van der Waals surface area contributed by atoms with Crippen LogP contribution in [0.4, 0.5) is 0 Å². The molecule has 0 saturated carbocycles. The van der Waals surface area contributed by atoms with E-state index in [4.69, 9.17) is 15.3 Å². The maximum atomic E-state index is 11.6. The van der Waals surface area contributed by atoms with E-state index in [0.29, 0.717) is 0 Å². The maximum absolute atomic E-state index is 11.6. The molecule has 108 valence electrons. The zero-order valence-electron chi connectivity index (χ0n) is 10.2. The number of carbonyl (C=O) groups is 1. The predicted molar refractivity (Wildman–Crippen MR) is 65.2 cm³/mol. The summed E-state index contributed by atoms with van der Waals surface area (Å²) >= 11 is 0. The zero-order chi connectivity index (χ0) is 14.4. The van der Waals surface area contributed by atoms with Crippen molar-refractivity contribution in [1.29, 1.82) is 5.41 Å². The minimum Gasteiger partial charge on any atom is -0.394 e. The van der Waals surface area contributed by atoms with E-state index in [9.17, 15) is 15.0 Å². The summed E-state index contributed by atoms with van der Waals surface area (Å²) < 4.78 is 5.34. The second kappa shape index (κ2) is 4.59. The Morgan fingerprint density at radius 2 is 2.20 bits per heavy atom. The van der Waals surface area contributed by atoms with Gasteiger partial charge in [-0.25, -0.2) is 0 Å². The second-order valence-electron chi connectivity index (χ2n) is 4.61. The molecule has 20 heavy (non-hydrogen) atoms. The number of rotatable bonds is 2. The Labute approximate surface area is 112 Å². The number of aliphatic hydroxyl groups is 3. The highest BCUT2D eigenvalue weighted by Crippen LogP contribution is 2.26. The highest BCUT2D eigenvalue weighted by molar-refractivity contribution is 6.23. The largest absolute Gasteiger partial charge is 0.394 e. The van der Waals surface area contributed by atoms with Crippen LogP contribution >= 0.6 is 0 Å². The minimum atomic E-state index is -1.29. The molecular formula is C10H13N5O5. The Kier molecular flexibility index (Phi) is 3.01. The van der Waals surface area contributed by atoms with Crippen molar-refractivity contribution in [3.05, 3.63) is 0 Å². The first-order valence-corrected chi connectivity index (χ1v) is 5.95. The molecule has 0 spiro atoms. The molecule has 3 aliphatic heterocycles. The number of amidine groups is 1. The van der Waals surface area contributed by atoms with Crippen LogP contribution in [0.25, 0.3) is 0 Å². The minimum absolute atomic E-state index is 0.147. The summed E-state index contributed by atoms with van der Waals surface area (Å²) in [6, 6.07) is -0.898. The van der Waals surface area contributed by atoms with Crippen molar-refractivity contribution in [3.63, 3.8) is 0 Å². The normalized spacial score (nSPS) is 39.9. The Balaban J connectivity index is 1.87. The average molecular weight is 298 g/mol. The van der Waals surface area contributed by atoms with Crippen LogP contribution in [-0.2, 0) is 9.53 Å². The quantitative estimate of drug-likeness (QED) is 0.265. The third-order valence-electron chi connectivity index (χ3n) is 3.36. The fraction of sp³-hybridized carbons (Fsp3) is 0.600. The molecule has 0 aliphatic carbocycles. The van der Waals surface area contributed by atoms with Gasteiger partial charge < -0.3 is 20.1 Å². The van der Waals surface area contributed by atoms with Crippen molar-refractivity contribution < 1.29 is 24.9 Å². The summed E-state index contributed by atoms with van der Waals surface area (Å²) in [5, 5.41) is 38.3. The van der Waals surface area contributed by atoms with Gasteiger partial charge in [0.05, 0.1) is 12.9 Å². The number of ether oxygens (including phenoxy) is 1. The van der Waals surface area contributed by atoms with E-state index in [1.165, 1.54) is 11.2 Å². The van der Waals surface area contributed by atoms with Gasteiger partial charge in [0.15, 0.2) is 18.1 Å². The second-order valence-corrected chi connectivity index (χ2v) is 4.61. The molecular weight excluding hydrogens is 285 g/mol. The van der Waals surface area contributed by atoms with Crippen molar-refractivity contribution in [3.8, 4) is 0 Å². The molecule has 0 bridgehead atoms. The van der Waals surface area contributed by atoms with Gasteiger partial charge in [0.2, 0.25) is 5.96 Å². The summed E-state index contributed by atoms with van der Waals surface area (Å²) in [7, 11) is 0. The number of aliphatic hydroxyl groups excluding tert-OH is 3. The van der Waals surface area contributed by atoms with Crippen molar-refractivity contribution in [2.24, 2.45) is 9.98 Å². The first-order chi connectivity index (χ1) is 9.52. The number of nitrogens with zero attached hydrogens (tertiary/aromatic N) is 3. The number of fused-ring (bicyclic) bond motifs is 1. The Bertz CT molecular complexity index is 520. The SMILES string of the molecule is [15NH]=[13C]1[15N]=[13C]2[13CH]([15N]=[13CH][15N]2[13C@@H]2O[13C@H]([13CH2]O)[13C@@H](O)[13C@H]2O)[13C](=O)[15NH]1. The number of amides is 1. The predicted octanol–water partition coefficient (Wildman–Crippen LogP) is -3.40. The van der Waals surface area contributed by atoms with Gasteiger partial charge in [-0.05, 0) is 0 Å². The van der Waals surface area contributed by atoms with Crippen molar-refractivity contribution in [2.75, 3.05) is 6.61 Å². The maximum Gasteiger partial charge on any atom is 0.259 e. The monoisotopic (exact) mass is 298 g/mol. The van der Waals surface area contributed by atoms with Crippen LogP contribution in [0.1, 0.15) is 0 Å². The highest BCUT2D eigenvalue weighted by Gasteiger charge is 2.49. The fourth-order valence-corrected chi connectivity index (χ4v) is 2.34. The molecule has 0 aromatic heterocycles. The van der Waals surface area contributed by atoms with E-state index in [1.807, 2.05) is 0 Å². The summed E-state index contributed by atoms with van der Waals surface area (Å²) in [4.78, 5) is 20.7. The molecule has 1 unspecified atom stereocenters. The van der Waals surface area contributed by atoms with Crippen LogP contribution in [0.5, 0.6) is 0 Å². The molecule has 1 amide bonds. The van der Waals surface area contributed by atoms with Crippen molar-refractivity contribution >= 4 is 24.0 Å². The molecule has 1 saturated heterocycles. The molecule has 5 N–H and O–H groups in total. The van der Waals surface area contributed by atoms with Gasteiger partial charge in [-0.3, -0.25) is 25.4 Å². The van der Waals surface area contributed by atoms with Gasteiger partial charge >= 0.3 is 0 Å². The van der Waals surface area contributed by atoms with E-state index in [1.54, 1.807) is 0 Å². The lowest BCUT2D eigenvalue weighted by atomic mass is 11.1. The number of aliphatic imine (C=N–C) groups is 2. The highest BCUT2D eigenvalue weighted by atomic mass is 16.8. The topological polar surface area (TPSA) is 151 Å². The summed E-state index contributed by atoms with van der Waals surface area (Å²) in [6.45, 7) is -0.452. The van der Waals surface area contributed by atoms with Crippen LogP contribution in [0, 0.1) is 5.41 Å². The molecule has 3 heterocycles. The lowest BCUT2D eigenvalue weighted by molar-refractivity contribution is -0.119. The Morgan fingerprint density at radius 1 is 1.45 bits per heavy atom.